The molecule has 1 fully saturated rings. The van der Waals surface area contributed by atoms with E-state index in [1.165, 1.54) is 29.8 Å². The Morgan fingerprint density at radius 2 is 1.70 bits per heavy atom. The number of rotatable bonds is 6. The molecule has 33 heavy (non-hydrogen) atoms. The number of likely N-dealkylation sites (tertiary alicyclic amines) is 1. The maximum atomic E-state index is 13.1. The highest BCUT2D eigenvalue weighted by Gasteiger charge is 2.22. The van der Waals surface area contributed by atoms with Crippen molar-refractivity contribution in [3.63, 3.8) is 0 Å². The number of carbonyl (C=O) groups excluding carboxylic acids is 1. The van der Waals surface area contributed by atoms with E-state index in [0.717, 1.165) is 29.4 Å². The van der Waals surface area contributed by atoms with E-state index in [1.807, 2.05) is 19.1 Å². The summed E-state index contributed by atoms with van der Waals surface area (Å²) < 4.78 is 30.5. The Morgan fingerprint density at radius 3 is 2.33 bits per heavy atom. The molecule has 9 nitrogen and oxygen atoms in total. The van der Waals surface area contributed by atoms with Gasteiger partial charge < -0.3 is 4.90 Å². The summed E-state index contributed by atoms with van der Waals surface area (Å²) >= 11 is 0. The minimum atomic E-state index is -3.97. The van der Waals surface area contributed by atoms with E-state index in [4.69, 9.17) is 0 Å². The van der Waals surface area contributed by atoms with Gasteiger partial charge >= 0.3 is 5.69 Å². The average molecular weight is 471 g/mol. The molecule has 1 aromatic heterocycles. The van der Waals surface area contributed by atoms with E-state index >= 15 is 0 Å². The van der Waals surface area contributed by atoms with Gasteiger partial charge in [-0.1, -0.05) is 19.1 Å². The Hall–Kier alpha value is -3.40. The normalized spacial score (nSPS) is 14.1. The SMILES string of the molecule is CCc1ccc(NS(=O)(=O)c2ccc3c(c2)c(=O)n(CC(=O)N2CCCC2)c(=O)n3C)cc1. The summed E-state index contributed by atoms with van der Waals surface area (Å²) in [5, 5.41) is 0.0514. The molecule has 1 saturated heterocycles. The van der Waals surface area contributed by atoms with Crippen LogP contribution in [0.2, 0.25) is 0 Å². The minimum Gasteiger partial charge on any atom is -0.341 e. The number of anilines is 1. The van der Waals surface area contributed by atoms with Crippen molar-refractivity contribution in [2.45, 2.75) is 37.6 Å². The summed E-state index contributed by atoms with van der Waals surface area (Å²) in [5.41, 5.74) is 0.464. The molecule has 4 rings (SSSR count). The van der Waals surface area contributed by atoms with Crippen LogP contribution in [0.25, 0.3) is 10.9 Å². The first-order valence-corrected chi connectivity index (χ1v) is 12.3. The van der Waals surface area contributed by atoms with Gasteiger partial charge in [0.1, 0.15) is 6.54 Å². The second-order valence-corrected chi connectivity index (χ2v) is 9.84. The van der Waals surface area contributed by atoms with Crippen LogP contribution in [0, 0.1) is 0 Å². The van der Waals surface area contributed by atoms with Crippen molar-refractivity contribution in [2.75, 3.05) is 17.8 Å². The van der Waals surface area contributed by atoms with E-state index in [2.05, 4.69) is 4.72 Å². The number of carbonyl (C=O) groups is 1. The third-order valence-corrected chi connectivity index (χ3v) is 7.38. The highest BCUT2D eigenvalue weighted by atomic mass is 32.2. The molecule has 10 heteroatoms. The highest BCUT2D eigenvalue weighted by Crippen LogP contribution is 2.20. The zero-order chi connectivity index (χ0) is 23.8. The fraction of sp³-hybridized carbons (Fsp3) is 0.348. The highest BCUT2D eigenvalue weighted by molar-refractivity contribution is 7.92. The molecule has 0 aliphatic carbocycles. The van der Waals surface area contributed by atoms with E-state index in [-0.39, 0.29) is 22.7 Å². The molecule has 0 bridgehead atoms. The van der Waals surface area contributed by atoms with Gasteiger partial charge in [-0.25, -0.2) is 13.2 Å². The van der Waals surface area contributed by atoms with Crippen LogP contribution in [-0.4, -0.2) is 41.4 Å². The summed E-state index contributed by atoms with van der Waals surface area (Å²) in [6.45, 7) is 2.84. The average Bonchev–Trinajstić information content (AvgIpc) is 3.35. The summed E-state index contributed by atoms with van der Waals surface area (Å²) in [4.78, 5) is 40.0. The van der Waals surface area contributed by atoms with Gasteiger partial charge in [0.25, 0.3) is 15.6 Å². The molecule has 1 amide bonds. The second-order valence-electron chi connectivity index (χ2n) is 8.16. The molecule has 1 N–H and O–H groups in total. The molecule has 0 unspecified atom stereocenters. The molecule has 1 aliphatic rings. The molecule has 174 valence electrons. The third kappa shape index (κ3) is 4.43. The van der Waals surface area contributed by atoms with Crippen molar-refractivity contribution in [1.82, 2.24) is 14.0 Å². The summed E-state index contributed by atoms with van der Waals surface area (Å²) in [5.74, 6) is -0.299. The van der Waals surface area contributed by atoms with Crippen LogP contribution in [0.15, 0.2) is 56.9 Å². The van der Waals surface area contributed by atoms with Crippen molar-refractivity contribution in [3.8, 4) is 0 Å². The fourth-order valence-electron chi connectivity index (χ4n) is 4.03. The lowest BCUT2D eigenvalue weighted by Gasteiger charge is -2.17. The Labute approximate surface area is 191 Å². The van der Waals surface area contributed by atoms with E-state index in [1.54, 1.807) is 17.0 Å². The van der Waals surface area contributed by atoms with Gasteiger partial charge in [0, 0.05) is 25.8 Å². The molecule has 0 radical (unpaired) electrons. The predicted molar refractivity (Wildman–Crippen MR) is 126 cm³/mol. The number of hydrogen-bond acceptors (Lipinski definition) is 5. The first-order valence-electron chi connectivity index (χ1n) is 10.8. The number of nitrogens with zero attached hydrogens (tertiary/aromatic N) is 3. The Bertz CT molecular complexity index is 1430. The molecule has 0 saturated carbocycles. The van der Waals surface area contributed by atoms with Crippen LogP contribution in [-0.2, 0) is 34.8 Å². The lowest BCUT2D eigenvalue weighted by molar-refractivity contribution is -0.130. The first-order chi connectivity index (χ1) is 15.7. The first kappa shape index (κ1) is 22.8. The third-order valence-electron chi connectivity index (χ3n) is 6.00. The number of benzene rings is 2. The van der Waals surface area contributed by atoms with Gasteiger partial charge in [0.05, 0.1) is 15.8 Å². The number of hydrogen-bond donors (Lipinski definition) is 1. The lowest BCUT2D eigenvalue weighted by atomic mass is 10.2. The fourth-order valence-corrected chi connectivity index (χ4v) is 5.11. The molecule has 0 atom stereocenters. The molecular weight excluding hydrogens is 444 g/mol. The summed E-state index contributed by atoms with van der Waals surface area (Å²) in [7, 11) is -2.49. The van der Waals surface area contributed by atoms with E-state index in [9.17, 15) is 22.8 Å². The molecule has 1 aliphatic heterocycles. The van der Waals surface area contributed by atoms with Crippen LogP contribution >= 0.6 is 0 Å². The largest absolute Gasteiger partial charge is 0.341 e. The number of amides is 1. The van der Waals surface area contributed by atoms with Crippen LogP contribution < -0.4 is 16.0 Å². The van der Waals surface area contributed by atoms with Gasteiger partial charge in [0.15, 0.2) is 0 Å². The number of aryl methyl sites for hydroxylation is 2. The minimum absolute atomic E-state index is 0.0514. The van der Waals surface area contributed by atoms with Gasteiger partial charge in [-0.3, -0.25) is 23.4 Å². The summed E-state index contributed by atoms with van der Waals surface area (Å²) in [6, 6.07) is 11.1. The predicted octanol–water partition coefficient (Wildman–Crippen LogP) is 1.69. The van der Waals surface area contributed by atoms with Gasteiger partial charge in [-0.2, -0.15) is 0 Å². The zero-order valence-corrected chi connectivity index (χ0v) is 19.4. The number of aromatic nitrogens is 2. The molecule has 2 heterocycles. The van der Waals surface area contributed by atoms with Crippen molar-refractivity contribution in [1.29, 1.82) is 0 Å². The lowest BCUT2D eigenvalue weighted by Crippen LogP contribution is -2.43. The topological polar surface area (TPSA) is 110 Å². The quantitative estimate of drug-likeness (QED) is 0.589. The van der Waals surface area contributed by atoms with E-state index in [0.29, 0.717) is 24.3 Å². The Balaban J connectivity index is 1.73. The van der Waals surface area contributed by atoms with Gasteiger partial charge in [-0.15, -0.1) is 0 Å². The smallest absolute Gasteiger partial charge is 0.331 e. The van der Waals surface area contributed by atoms with Crippen LogP contribution in [0.3, 0.4) is 0 Å². The Kier molecular flexibility index (Phi) is 6.11. The number of sulfonamides is 1. The number of nitrogens with one attached hydrogen (secondary N) is 1. The van der Waals surface area contributed by atoms with Crippen LogP contribution in [0.4, 0.5) is 5.69 Å². The van der Waals surface area contributed by atoms with E-state index < -0.39 is 21.3 Å². The number of fused-ring (bicyclic) bond motifs is 1. The molecular formula is C23H26N4O5S. The van der Waals surface area contributed by atoms with Crippen molar-refractivity contribution >= 4 is 32.5 Å². The second kappa shape index (κ2) is 8.86. The molecule has 2 aromatic carbocycles. The van der Waals surface area contributed by atoms with Crippen molar-refractivity contribution < 1.29 is 13.2 Å². The Morgan fingerprint density at radius 1 is 1.03 bits per heavy atom. The zero-order valence-electron chi connectivity index (χ0n) is 18.6. The monoisotopic (exact) mass is 470 g/mol. The van der Waals surface area contributed by atoms with Crippen molar-refractivity contribution in [3.05, 3.63) is 68.9 Å². The van der Waals surface area contributed by atoms with Crippen LogP contribution in [0.5, 0.6) is 0 Å². The van der Waals surface area contributed by atoms with Gasteiger partial charge in [-0.05, 0) is 55.2 Å². The van der Waals surface area contributed by atoms with Crippen LogP contribution in [0.1, 0.15) is 25.3 Å². The standard InChI is InChI=1S/C23H26N4O5S/c1-3-16-6-8-17(9-7-16)24-33(31,32)18-10-11-20-19(14-18)22(29)27(23(30)25(20)2)15-21(28)26-12-4-5-13-26/h6-11,14,24H,3-5,12-13,15H2,1-2H3. The maximum Gasteiger partial charge on any atom is 0.331 e. The molecule has 0 spiro atoms. The molecule has 3 aromatic rings. The van der Waals surface area contributed by atoms with Gasteiger partial charge in [0.2, 0.25) is 5.91 Å². The van der Waals surface area contributed by atoms with Crippen molar-refractivity contribution in [2.24, 2.45) is 7.05 Å². The maximum absolute atomic E-state index is 13.1. The summed E-state index contributed by atoms with van der Waals surface area (Å²) in [6.07, 6.45) is 2.63.